The van der Waals surface area contributed by atoms with Gasteiger partial charge in [0, 0.05) is 11.8 Å². The molecule has 0 radical (unpaired) electrons. The minimum atomic E-state index is -3.49. The summed E-state index contributed by atoms with van der Waals surface area (Å²) in [7, 11) is -3.49. The first-order valence-corrected chi connectivity index (χ1v) is 8.07. The van der Waals surface area contributed by atoms with E-state index in [1.807, 2.05) is 13.8 Å². The molecule has 0 aliphatic rings. The van der Waals surface area contributed by atoms with Crippen LogP contribution in [0.2, 0.25) is 0 Å². The second-order valence-corrected chi connectivity index (χ2v) is 6.48. The maximum absolute atomic E-state index is 11.9. The molecule has 1 aromatic rings. The van der Waals surface area contributed by atoms with Gasteiger partial charge in [0.05, 0.1) is 18.5 Å². The molecule has 0 aliphatic heterocycles. The SMILES string of the molecule is CC(C)OCCS(=O)(=O)Nc1cccc(/C=C/C(=O)O)c1. The second-order valence-electron chi connectivity index (χ2n) is 4.64. The average Bonchev–Trinajstić information content (AvgIpc) is 2.35. The van der Waals surface area contributed by atoms with Crippen LogP contribution in [0.25, 0.3) is 6.08 Å². The van der Waals surface area contributed by atoms with Crippen LogP contribution in [0, 0.1) is 0 Å². The van der Waals surface area contributed by atoms with Gasteiger partial charge in [-0.15, -0.1) is 0 Å². The summed E-state index contributed by atoms with van der Waals surface area (Å²) < 4.78 is 31.4. The molecule has 0 spiro atoms. The van der Waals surface area contributed by atoms with Gasteiger partial charge in [0.2, 0.25) is 10.0 Å². The fraction of sp³-hybridized carbons (Fsp3) is 0.357. The fourth-order valence-electron chi connectivity index (χ4n) is 1.50. The minimum absolute atomic E-state index is 0.0234. The van der Waals surface area contributed by atoms with E-state index in [0.717, 1.165) is 6.08 Å². The predicted molar refractivity (Wildman–Crippen MR) is 81.6 cm³/mol. The number of benzene rings is 1. The Balaban J connectivity index is 2.69. The van der Waals surface area contributed by atoms with Crippen LogP contribution in [-0.4, -0.2) is 38.0 Å². The van der Waals surface area contributed by atoms with Crippen molar-refractivity contribution in [1.82, 2.24) is 0 Å². The number of hydrogen-bond acceptors (Lipinski definition) is 4. The minimum Gasteiger partial charge on any atom is -0.478 e. The number of rotatable bonds is 8. The molecule has 0 fully saturated rings. The second kappa shape index (κ2) is 7.80. The van der Waals surface area contributed by atoms with Crippen LogP contribution in [0.1, 0.15) is 19.4 Å². The van der Waals surface area contributed by atoms with Crippen LogP contribution >= 0.6 is 0 Å². The summed E-state index contributed by atoms with van der Waals surface area (Å²) in [6.45, 7) is 3.78. The molecule has 21 heavy (non-hydrogen) atoms. The van der Waals surface area contributed by atoms with Crippen LogP contribution in [-0.2, 0) is 19.6 Å². The Morgan fingerprint density at radius 1 is 1.43 bits per heavy atom. The fourth-order valence-corrected chi connectivity index (χ4v) is 2.40. The molecule has 0 unspecified atom stereocenters. The van der Waals surface area contributed by atoms with Crippen molar-refractivity contribution < 1.29 is 23.1 Å². The van der Waals surface area contributed by atoms with Gasteiger partial charge in [-0.3, -0.25) is 4.72 Å². The summed E-state index contributed by atoms with van der Waals surface area (Å²) in [5.74, 6) is -1.20. The van der Waals surface area contributed by atoms with Gasteiger partial charge < -0.3 is 9.84 Å². The van der Waals surface area contributed by atoms with Crippen molar-refractivity contribution in [3.8, 4) is 0 Å². The zero-order valence-corrected chi connectivity index (χ0v) is 12.8. The van der Waals surface area contributed by atoms with Gasteiger partial charge in [0.1, 0.15) is 0 Å². The lowest BCUT2D eigenvalue weighted by molar-refractivity contribution is -0.131. The zero-order chi connectivity index (χ0) is 15.9. The van der Waals surface area contributed by atoms with Crippen molar-refractivity contribution in [3.05, 3.63) is 35.9 Å². The van der Waals surface area contributed by atoms with E-state index >= 15 is 0 Å². The van der Waals surface area contributed by atoms with Crippen molar-refractivity contribution in [2.24, 2.45) is 0 Å². The van der Waals surface area contributed by atoms with Gasteiger partial charge in [0.15, 0.2) is 0 Å². The van der Waals surface area contributed by atoms with E-state index in [-0.39, 0.29) is 18.5 Å². The van der Waals surface area contributed by atoms with E-state index in [9.17, 15) is 13.2 Å². The van der Waals surface area contributed by atoms with Crippen LogP contribution in [0.3, 0.4) is 0 Å². The highest BCUT2D eigenvalue weighted by atomic mass is 32.2. The molecule has 7 heteroatoms. The Morgan fingerprint density at radius 3 is 2.76 bits per heavy atom. The lowest BCUT2D eigenvalue weighted by Gasteiger charge is -2.10. The molecular weight excluding hydrogens is 294 g/mol. The Hall–Kier alpha value is -1.86. The smallest absolute Gasteiger partial charge is 0.328 e. The predicted octanol–water partition coefficient (Wildman–Crippen LogP) is 1.95. The normalized spacial score (nSPS) is 12.0. The number of carboxylic acids is 1. The summed E-state index contributed by atoms with van der Waals surface area (Å²) >= 11 is 0. The quantitative estimate of drug-likeness (QED) is 0.716. The summed E-state index contributed by atoms with van der Waals surface area (Å²) in [6.07, 6.45) is 2.36. The molecule has 116 valence electrons. The van der Waals surface area contributed by atoms with Crippen LogP contribution < -0.4 is 4.72 Å². The van der Waals surface area contributed by atoms with Crippen molar-refractivity contribution in [2.45, 2.75) is 20.0 Å². The van der Waals surface area contributed by atoms with Crippen LogP contribution in [0.4, 0.5) is 5.69 Å². The molecule has 0 saturated heterocycles. The number of aliphatic carboxylic acids is 1. The number of carboxylic acid groups (broad SMARTS) is 1. The third-order valence-corrected chi connectivity index (χ3v) is 3.63. The first kappa shape index (κ1) is 17.2. The molecular formula is C14H19NO5S. The molecule has 6 nitrogen and oxygen atoms in total. The van der Waals surface area contributed by atoms with Gasteiger partial charge in [-0.05, 0) is 37.6 Å². The third-order valence-electron chi connectivity index (χ3n) is 2.38. The highest BCUT2D eigenvalue weighted by Crippen LogP contribution is 2.13. The molecule has 0 aromatic heterocycles. The Morgan fingerprint density at radius 2 is 2.14 bits per heavy atom. The Bertz CT molecular complexity index is 608. The zero-order valence-electron chi connectivity index (χ0n) is 11.9. The van der Waals surface area contributed by atoms with Gasteiger partial charge >= 0.3 is 5.97 Å². The number of sulfonamides is 1. The third kappa shape index (κ3) is 7.48. The highest BCUT2D eigenvalue weighted by Gasteiger charge is 2.11. The topological polar surface area (TPSA) is 92.7 Å². The molecule has 0 bridgehead atoms. The molecule has 1 aromatic carbocycles. The molecule has 0 heterocycles. The summed E-state index contributed by atoms with van der Waals surface area (Å²) in [5, 5.41) is 8.56. The van der Waals surface area contributed by atoms with Crippen LogP contribution in [0.15, 0.2) is 30.3 Å². The largest absolute Gasteiger partial charge is 0.478 e. The first-order chi connectivity index (χ1) is 9.78. The van der Waals surface area contributed by atoms with E-state index in [1.54, 1.807) is 24.3 Å². The van der Waals surface area contributed by atoms with Gasteiger partial charge in [-0.1, -0.05) is 12.1 Å². The van der Waals surface area contributed by atoms with Gasteiger partial charge in [-0.2, -0.15) is 0 Å². The number of ether oxygens (including phenoxy) is 1. The molecule has 0 saturated carbocycles. The van der Waals surface area contributed by atoms with Gasteiger partial charge in [0.25, 0.3) is 0 Å². The van der Waals surface area contributed by atoms with E-state index < -0.39 is 16.0 Å². The number of carbonyl (C=O) groups is 1. The maximum Gasteiger partial charge on any atom is 0.328 e. The van der Waals surface area contributed by atoms with Gasteiger partial charge in [-0.25, -0.2) is 13.2 Å². The summed E-state index contributed by atoms with van der Waals surface area (Å²) in [6, 6.07) is 6.47. The van der Waals surface area contributed by atoms with Crippen molar-refractivity contribution in [3.63, 3.8) is 0 Å². The number of hydrogen-bond donors (Lipinski definition) is 2. The monoisotopic (exact) mass is 313 g/mol. The van der Waals surface area contributed by atoms with Crippen molar-refractivity contribution in [2.75, 3.05) is 17.1 Å². The van der Waals surface area contributed by atoms with E-state index in [2.05, 4.69) is 4.72 Å². The van der Waals surface area contributed by atoms with Crippen LogP contribution in [0.5, 0.6) is 0 Å². The van der Waals surface area contributed by atoms with E-state index in [1.165, 1.54) is 6.08 Å². The first-order valence-electron chi connectivity index (χ1n) is 6.41. The molecule has 0 aliphatic carbocycles. The standard InChI is InChI=1S/C14H19NO5S/c1-11(2)20-8-9-21(18,19)15-13-5-3-4-12(10-13)6-7-14(16)17/h3-7,10-11,15H,8-9H2,1-2H3,(H,16,17)/b7-6+. The average molecular weight is 313 g/mol. The Kier molecular flexibility index (Phi) is 6.39. The lowest BCUT2D eigenvalue weighted by Crippen LogP contribution is -2.21. The number of nitrogens with one attached hydrogen (secondary N) is 1. The maximum atomic E-state index is 11.9. The highest BCUT2D eigenvalue weighted by molar-refractivity contribution is 7.92. The van der Waals surface area contributed by atoms with Crippen molar-refractivity contribution >= 4 is 27.8 Å². The Labute approximate surface area is 124 Å². The van der Waals surface area contributed by atoms with E-state index in [4.69, 9.17) is 9.84 Å². The molecule has 0 amide bonds. The van der Waals surface area contributed by atoms with E-state index in [0.29, 0.717) is 11.3 Å². The number of anilines is 1. The summed E-state index contributed by atoms with van der Waals surface area (Å²) in [4.78, 5) is 10.4. The molecule has 0 atom stereocenters. The lowest BCUT2D eigenvalue weighted by atomic mass is 10.2. The summed E-state index contributed by atoms with van der Waals surface area (Å²) in [5.41, 5.74) is 0.975. The molecule has 1 rings (SSSR count). The molecule has 2 N–H and O–H groups in total. The van der Waals surface area contributed by atoms with Crippen molar-refractivity contribution in [1.29, 1.82) is 0 Å².